The van der Waals surface area contributed by atoms with Crippen LogP contribution in [0.15, 0.2) is 0 Å². The van der Waals surface area contributed by atoms with Crippen molar-refractivity contribution in [3.8, 4) is 0 Å². The summed E-state index contributed by atoms with van der Waals surface area (Å²) in [4.78, 5) is 0. The van der Waals surface area contributed by atoms with Gasteiger partial charge in [0.1, 0.15) is 91.6 Å². The molecule has 13 N–H and O–H groups in total. The van der Waals surface area contributed by atoms with Gasteiger partial charge >= 0.3 is 0 Å². The summed E-state index contributed by atoms with van der Waals surface area (Å²) < 4.78 is 37.5. The van der Waals surface area contributed by atoms with Gasteiger partial charge in [0.2, 0.25) is 0 Å². The maximum atomic E-state index is 10.8. The van der Waals surface area contributed by atoms with Crippen LogP contribution in [0, 0.1) is 0 Å². The van der Waals surface area contributed by atoms with Gasteiger partial charge in [0, 0.05) is 0 Å². The Labute approximate surface area is 243 Å². The number of ether oxygens (including phenoxy) is 7. The van der Waals surface area contributed by atoms with E-state index in [1.807, 2.05) is 0 Å². The van der Waals surface area contributed by atoms with Crippen LogP contribution < -0.4 is 0 Å². The molecule has 19 atom stereocenters. The molecule has 0 aliphatic carbocycles. The molecule has 4 rings (SSSR count). The van der Waals surface area contributed by atoms with Crippen LogP contribution in [0.5, 0.6) is 0 Å². The Morgan fingerprint density at radius 2 is 0.907 bits per heavy atom. The summed E-state index contributed by atoms with van der Waals surface area (Å²) in [5.41, 5.74) is 0. The van der Waals surface area contributed by atoms with Crippen molar-refractivity contribution in [1.29, 1.82) is 0 Å². The van der Waals surface area contributed by atoms with E-state index in [-0.39, 0.29) is 0 Å². The molecule has 0 saturated carbocycles. The van der Waals surface area contributed by atoms with Gasteiger partial charge < -0.3 is 99.5 Å². The van der Waals surface area contributed by atoms with E-state index in [1.165, 1.54) is 0 Å². The predicted molar refractivity (Wildman–Crippen MR) is 128 cm³/mol. The molecule has 1 unspecified atom stereocenters. The first-order chi connectivity index (χ1) is 20.3. The van der Waals surface area contributed by atoms with E-state index < -0.39 is 143 Å². The highest BCUT2D eigenvalue weighted by Crippen LogP contribution is 2.32. The highest BCUT2D eigenvalue weighted by Gasteiger charge is 2.53. The molecule has 4 aliphatic heterocycles. The standard InChI is InChI=1S/C23H40O20/c24-1-5-9(27)11(29)16(34)22(39-5)41-8-4-37-21(15(33)10(8)28)42-19-7(3-26)40-23(17(35)13(19)31)43-18-6(2-25)38-20(36)14(32)12(18)30/h5-36H,1-4H2/t5-,6-,7-,8+,9+,10+,11+,12-,13-,14-,15-,16-,17-,18+,19+,20?,21+,22+,23+/m1/s1. The van der Waals surface area contributed by atoms with Gasteiger partial charge in [0.15, 0.2) is 25.2 Å². The molecule has 20 heteroatoms. The zero-order chi connectivity index (χ0) is 31.7. The SMILES string of the molecule is OC[C@H]1O[C@@H](O[C@H]2CO[C@@H](O[C@@H]3[C@H](O)[C@@H](O)[C@H](O[C@@H]4[C@H](O)[C@@H](O)C(O)O[C@@H]4CO)O[C@@H]3CO)[C@H](O)[C@H]2O)[C@H](O)[C@@H](O)[C@H]1O. The third-order valence-corrected chi connectivity index (χ3v) is 7.83. The van der Waals surface area contributed by atoms with Crippen molar-refractivity contribution in [2.75, 3.05) is 26.4 Å². The Bertz CT molecular complexity index is 865. The molecule has 20 nitrogen and oxygen atoms in total. The lowest BCUT2D eigenvalue weighted by Crippen LogP contribution is -2.66. The summed E-state index contributed by atoms with van der Waals surface area (Å²) in [5, 5.41) is 131. The molecular formula is C23H40O20. The molecule has 0 bridgehead atoms. The molecule has 0 radical (unpaired) electrons. The van der Waals surface area contributed by atoms with Gasteiger partial charge in [-0.15, -0.1) is 0 Å². The minimum Gasteiger partial charge on any atom is -0.394 e. The topological polar surface area (TPSA) is 328 Å². The molecule has 4 fully saturated rings. The fourth-order valence-corrected chi connectivity index (χ4v) is 5.24. The van der Waals surface area contributed by atoms with Crippen molar-refractivity contribution >= 4 is 0 Å². The van der Waals surface area contributed by atoms with Gasteiger partial charge in [-0.1, -0.05) is 0 Å². The molecular weight excluding hydrogens is 596 g/mol. The molecule has 0 aromatic carbocycles. The second kappa shape index (κ2) is 14.7. The normalized spacial score (nSPS) is 53.1. The molecule has 43 heavy (non-hydrogen) atoms. The molecule has 0 spiro atoms. The fraction of sp³-hybridized carbons (Fsp3) is 1.00. The Morgan fingerprint density at radius 3 is 1.51 bits per heavy atom. The lowest BCUT2D eigenvalue weighted by atomic mass is 9.96. The van der Waals surface area contributed by atoms with Crippen molar-refractivity contribution in [3.63, 3.8) is 0 Å². The van der Waals surface area contributed by atoms with E-state index in [0.29, 0.717) is 0 Å². The third-order valence-electron chi connectivity index (χ3n) is 7.83. The first-order valence-electron chi connectivity index (χ1n) is 13.5. The average Bonchev–Trinajstić information content (AvgIpc) is 3.00. The van der Waals surface area contributed by atoms with Gasteiger partial charge in [0.05, 0.1) is 26.4 Å². The summed E-state index contributed by atoms with van der Waals surface area (Å²) in [5.74, 6) is 0. The van der Waals surface area contributed by atoms with Gasteiger partial charge in [-0.3, -0.25) is 0 Å². The Morgan fingerprint density at radius 1 is 0.442 bits per heavy atom. The number of hydrogen-bond donors (Lipinski definition) is 13. The van der Waals surface area contributed by atoms with Crippen molar-refractivity contribution in [2.45, 2.75) is 117 Å². The highest BCUT2D eigenvalue weighted by atomic mass is 16.8. The van der Waals surface area contributed by atoms with E-state index in [9.17, 15) is 66.4 Å². The summed E-state index contributed by atoms with van der Waals surface area (Å²) >= 11 is 0. The van der Waals surface area contributed by atoms with Crippen LogP contribution >= 0.6 is 0 Å². The van der Waals surface area contributed by atoms with E-state index in [2.05, 4.69) is 0 Å². The Balaban J connectivity index is 1.37. The second-order valence-corrected chi connectivity index (χ2v) is 10.7. The van der Waals surface area contributed by atoms with E-state index in [0.717, 1.165) is 0 Å². The van der Waals surface area contributed by atoms with Gasteiger partial charge in [-0.2, -0.15) is 0 Å². The number of aliphatic hydroxyl groups excluding tert-OH is 13. The summed E-state index contributed by atoms with van der Waals surface area (Å²) in [7, 11) is 0. The van der Waals surface area contributed by atoms with Crippen molar-refractivity contribution in [2.24, 2.45) is 0 Å². The molecule has 4 heterocycles. The van der Waals surface area contributed by atoms with Crippen LogP contribution in [-0.4, -0.2) is 210 Å². The van der Waals surface area contributed by atoms with Gasteiger partial charge in [0.25, 0.3) is 0 Å². The molecule has 4 saturated heterocycles. The van der Waals surface area contributed by atoms with E-state index in [4.69, 9.17) is 33.2 Å². The van der Waals surface area contributed by atoms with Gasteiger partial charge in [-0.25, -0.2) is 0 Å². The predicted octanol–water partition coefficient (Wildman–Crippen LogP) is -9.11. The number of rotatable bonds is 9. The summed E-state index contributed by atoms with van der Waals surface area (Å²) in [6.07, 6.45) is -32.1. The molecule has 0 amide bonds. The van der Waals surface area contributed by atoms with E-state index in [1.54, 1.807) is 0 Å². The molecule has 0 aromatic heterocycles. The summed E-state index contributed by atoms with van der Waals surface area (Å²) in [6.45, 7) is -2.88. The molecule has 252 valence electrons. The smallest absolute Gasteiger partial charge is 0.187 e. The quantitative estimate of drug-likeness (QED) is 0.112. The minimum absolute atomic E-state index is 0.518. The lowest BCUT2D eigenvalue weighted by molar-refractivity contribution is -0.378. The van der Waals surface area contributed by atoms with Crippen molar-refractivity contribution in [1.82, 2.24) is 0 Å². The lowest BCUT2D eigenvalue weighted by Gasteiger charge is -2.47. The van der Waals surface area contributed by atoms with Crippen LogP contribution in [0.3, 0.4) is 0 Å². The van der Waals surface area contributed by atoms with Crippen molar-refractivity contribution in [3.05, 3.63) is 0 Å². The van der Waals surface area contributed by atoms with Crippen LogP contribution in [-0.2, 0) is 33.2 Å². The fourth-order valence-electron chi connectivity index (χ4n) is 5.24. The molecule has 0 aromatic rings. The van der Waals surface area contributed by atoms with Crippen LogP contribution in [0.25, 0.3) is 0 Å². The maximum Gasteiger partial charge on any atom is 0.187 e. The monoisotopic (exact) mass is 636 g/mol. The number of hydrogen-bond acceptors (Lipinski definition) is 20. The summed E-state index contributed by atoms with van der Waals surface area (Å²) in [6, 6.07) is 0. The first kappa shape index (κ1) is 35.1. The average molecular weight is 637 g/mol. The van der Waals surface area contributed by atoms with Gasteiger partial charge in [-0.05, 0) is 0 Å². The zero-order valence-electron chi connectivity index (χ0n) is 22.5. The minimum atomic E-state index is -1.95. The highest BCUT2D eigenvalue weighted by molar-refractivity contribution is 4.96. The first-order valence-corrected chi connectivity index (χ1v) is 13.5. The Kier molecular flexibility index (Phi) is 12.0. The van der Waals surface area contributed by atoms with Crippen molar-refractivity contribution < 1.29 is 99.5 Å². The Hall–Kier alpha value is -0.800. The third kappa shape index (κ3) is 7.13. The van der Waals surface area contributed by atoms with Crippen LogP contribution in [0.1, 0.15) is 0 Å². The van der Waals surface area contributed by atoms with Crippen LogP contribution in [0.2, 0.25) is 0 Å². The maximum absolute atomic E-state index is 10.8. The van der Waals surface area contributed by atoms with E-state index >= 15 is 0 Å². The second-order valence-electron chi connectivity index (χ2n) is 10.7. The zero-order valence-corrected chi connectivity index (χ0v) is 22.5. The molecule has 4 aliphatic rings. The number of aliphatic hydroxyl groups is 13. The largest absolute Gasteiger partial charge is 0.394 e. The van der Waals surface area contributed by atoms with Crippen LogP contribution in [0.4, 0.5) is 0 Å².